The van der Waals surface area contributed by atoms with Crippen LogP contribution in [0.5, 0.6) is 23.0 Å². The van der Waals surface area contributed by atoms with Gasteiger partial charge in [0.1, 0.15) is 39.7 Å². The molecule has 0 saturated heterocycles. The maximum Gasteiger partial charge on any atom is 0.584 e. The third kappa shape index (κ3) is 19.7. The van der Waals surface area contributed by atoms with Crippen LogP contribution in [0.15, 0.2) is 252 Å². The molecule has 2 aliphatic rings. The molecule has 22 nitrogen and oxygen atoms in total. The van der Waals surface area contributed by atoms with Crippen molar-refractivity contribution in [2.24, 2.45) is 0 Å². The van der Waals surface area contributed by atoms with Crippen LogP contribution in [0.4, 0.5) is 10.5 Å². The Morgan fingerprint density at radius 2 is 0.816 bits per heavy atom. The lowest BCUT2D eigenvalue weighted by atomic mass is 9.85. The Hall–Kier alpha value is -12.9. The fourth-order valence-electron chi connectivity index (χ4n) is 16.6. The monoisotopic (exact) mass is 1710 g/mol. The van der Waals surface area contributed by atoms with Crippen molar-refractivity contribution in [2.45, 2.75) is 91.6 Å². The van der Waals surface area contributed by atoms with Gasteiger partial charge in [0.05, 0.1) is 26.4 Å². The second kappa shape index (κ2) is 37.7. The third-order valence-electron chi connectivity index (χ3n) is 22.4. The summed E-state index contributed by atoms with van der Waals surface area (Å²) >= 11 is 0. The zero-order valence-corrected chi connectivity index (χ0v) is 72.0. The molecule has 2 atom stereocenters. The summed E-state index contributed by atoms with van der Waals surface area (Å²) in [5.74, 6) is -0.210. The first-order chi connectivity index (χ1) is 60.5. The summed E-state index contributed by atoms with van der Waals surface area (Å²) in [6, 6.07) is 78.1. The molecule has 0 spiro atoms. The molecule has 0 radical (unpaired) electrons. The maximum absolute atomic E-state index is 15.0. The molecule has 2 unspecified atom stereocenters. The molecule has 0 fully saturated rings. The van der Waals surface area contributed by atoms with E-state index in [2.05, 4.69) is 44.4 Å². The Balaban J connectivity index is 0.679. The molecular weight excluding hydrogens is 1620 g/mol. The van der Waals surface area contributed by atoms with Crippen LogP contribution in [-0.4, -0.2) is 105 Å². The average Bonchev–Trinajstić information content (AvgIpc) is 1.27. The Labute approximate surface area is 724 Å². The number of carbonyl (C=O) groups is 4. The molecule has 16 rings (SSSR count). The molecule has 4 amide bonds. The van der Waals surface area contributed by atoms with Crippen LogP contribution in [0.25, 0.3) is 132 Å². The summed E-state index contributed by atoms with van der Waals surface area (Å²) < 4.78 is 77.7. The number of phosphoric acid groups is 2. The van der Waals surface area contributed by atoms with Gasteiger partial charge in [0, 0.05) is 114 Å². The molecule has 14 aromatic rings. The predicted molar refractivity (Wildman–Crippen MR) is 492 cm³/mol. The van der Waals surface area contributed by atoms with E-state index < -0.39 is 38.9 Å². The number of amides is 4. The summed E-state index contributed by atoms with van der Waals surface area (Å²) in [7, 11) is -10.00. The number of ether oxygens (including phenoxy) is 3. The molecule has 3 heterocycles. The van der Waals surface area contributed by atoms with Gasteiger partial charge >= 0.3 is 27.4 Å². The van der Waals surface area contributed by atoms with Crippen molar-refractivity contribution >= 4 is 99.2 Å². The second-order valence-electron chi connectivity index (χ2n) is 32.1. The van der Waals surface area contributed by atoms with E-state index in [1.165, 1.54) is 6.07 Å². The first-order valence-corrected chi connectivity index (χ1v) is 45.4. The third-order valence-corrected chi connectivity index (χ3v) is 24.1. The summed E-state index contributed by atoms with van der Waals surface area (Å²) in [5.41, 5.74) is 10.7. The highest BCUT2D eigenvalue weighted by molar-refractivity contribution is 7.48. The number of nitrogens with zero attached hydrogens (tertiary/aromatic N) is 1. The number of fused-ring (bicyclic) bond motifs is 15. The molecule has 125 heavy (non-hydrogen) atoms. The standard InChI is InChI=1S/C101H97N5O17P2/c1-6-106(7-2)77-43-42-74-60-86(99(110)118-87(74)63-77)98(109)104-47-46-102-88(107)38-20-14-24-65-41-45-81-76(55-65)62-85(97-93(81)90-78-36-18-16-30-72(78)58-82(66-26-10-8-11-27-66)94(90)120-124(112,113)123-97)71-35-23-33-69(57-71)68-32-22-34-70(56-68)84-59-73-31-17-19-37-79(73)91-92-80-44-40-64(54-75(80)61-83(67-28-12-9-13-29-67)95(92)121-125(114,115)122-96(84)91)25-15-21-39-89(108)103-48-50-116-52-53-117-51-49-105-100(111)119-101(3,4)5/h8-13,16-19,22-23,26-37,40-45,54-63H,6-7,14-15,20-21,24-25,38-39,46-53H2,1-5H3,(H,102,107)(H,103,108)(H,104,109)(H,105,111)(H,112,113)(H,114,115). The van der Waals surface area contributed by atoms with Crippen LogP contribution >= 0.6 is 15.6 Å². The van der Waals surface area contributed by atoms with Gasteiger partial charge < -0.3 is 62.9 Å². The normalized spacial score (nSPS) is 14.6. The maximum atomic E-state index is 15.0. The predicted octanol–water partition coefficient (Wildman–Crippen LogP) is 21.3. The van der Waals surface area contributed by atoms with Gasteiger partial charge in [0.15, 0.2) is 0 Å². The van der Waals surface area contributed by atoms with Crippen molar-refractivity contribution in [3.8, 4) is 101 Å². The van der Waals surface area contributed by atoms with Crippen molar-refractivity contribution in [3.05, 3.63) is 270 Å². The van der Waals surface area contributed by atoms with Crippen LogP contribution < -0.4 is 49.9 Å². The first kappa shape index (κ1) is 85.6. The number of carbonyl (C=O) groups excluding carboxylic acids is 4. The number of aryl methyl sites for hydroxylation is 2. The average molecular weight is 1710 g/mol. The lowest BCUT2D eigenvalue weighted by Crippen LogP contribution is -2.36. The van der Waals surface area contributed by atoms with E-state index in [-0.39, 0.29) is 59.9 Å². The highest BCUT2D eigenvalue weighted by atomic mass is 31.2. The molecule has 638 valence electrons. The fraction of sp³-hybridized carbons (Fsp3) is 0.238. The van der Waals surface area contributed by atoms with Gasteiger partial charge in [-0.1, -0.05) is 182 Å². The molecular formula is C101H97N5O17P2. The highest BCUT2D eigenvalue weighted by Gasteiger charge is 2.40. The van der Waals surface area contributed by atoms with E-state index in [9.17, 15) is 42.9 Å². The molecule has 2 aliphatic heterocycles. The van der Waals surface area contributed by atoms with Gasteiger partial charge in [0.2, 0.25) is 11.8 Å². The van der Waals surface area contributed by atoms with Gasteiger partial charge in [-0.25, -0.2) is 18.7 Å². The number of nitrogens with one attached hydrogen (secondary N) is 4. The van der Waals surface area contributed by atoms with E-state index in [0.717, 1.165) is 102 Å². The Morgan fingerprint density at radius 1 is 0.400 bits per heavy atom. The van der Waals surface area contributed by atoms with E-state index in [1.54, 1.807) is 26.8 Å². The van der Waals surface area contributed by atoms with Gasteiger partial charge in [-0.3, -0.25) is 24.2 Å². The Bertz CT molecular complexity index is 6630. The highest BCUT2D eigenvalue weighted by Crippen LogP contribution is 2.64. The number of hydrogen-bond donors (Lipinski definition) is 6. The van der Waals surface area contributed by atoms with Crippen molar-refractivity contribution in [2.75, 3.05) is 70.6 Å². The molecule has 6 N–H and O–H groups in total. The lowest BCUT2D eigenvalue weighted by Gasteiger charge is -2.21. The molecule has 1 aromatic heterocycles. The summed E-state index contributed by atoms with van der Waals surface area (Å²) in [5, 5.41) is 18.2. The largest absolute Gasteiger partial charge is 0.584 e. The number of alkyl carbamates (subject to hydrolysis) is 1. The van der Waals surface area contributed by atoms with Gasteiger partial charge in [-0.2, -0.15) is 0 Å². The molecule has 0 aliphatic carbocycles. The number of benzene rings is 13. The zero-order valence-electron chi connectivity index (χ0n) is 70.2. The quantitative estimate of drug-likeness (QED) is 0.0134. The van der Waals surface area contributed by atoms with Crippen LogP contribution in [0, 0.1) is 0 Å². The molecule has 0 bridgehead atoms. The smallest absolute Gasteiger partial charge is 0.444 e. The number of rotatable bonds is 31. The fourth-order valence-corrected chi connectivity index (χ4v) is 18.3. The Kier molecular flexibility index (Phi) is 25.8. The topological polar surface area (TPSA) is 289 Å². The lowest BCUT2D eigenvalue weighted by molar-refractivity contribution is -0.122. The second-order valence-corrected chi connectivity index (χ2v) is 34.7. The molecule has 24 heteroatoms. The van der Waals surface area contributed by atoms with E-state index in [1.807, 2.05) is 226 Å². The summed E-state index contributed by atoms with van der Waals surface area (Å²) in [4.78, 5) is 90.9. The van der Waals surface area contributed by atoms with Crippen LogP contribution in [-0.2, 0) is 45.8 Å². The van der Waals surface area contributed by atoms with Gasteiger partial charge in [-0.15, -0.1) is 0 Å². The zero-order chi connectivity index (χ0) is 86.9. The minimum Gasteiger partial charge on any atom is -0.444 e. The van der Waals surface area contributed by atoms with Crippen molar-refractivity contribution < 1.29 is 74.8 Å². The molecule has 13 aromatic carbocycles. The number of phosphoric ester groups is 2. The first-order valence-electron chi connectivity index (χ1n) is 42.4. The van der Waals surface area contributed by atoms with Crippen molar-refractivity contribution in [1.29, 1.82) is 0 Å². The van der Waals surface area contributed by atoms with Crippen LogP contribution in [0.2, 0.25) is 0 Å². The minimum atomic E-state index is -5.00. The van der Waals surface area contributed by atoms with Gasteiger partial charge in [0.25, 0.3) is 5.91 Å². The summed E-state index contributed by atoms with van der Waals surface area (Å²) in [6.45, 7) is 13.2. The number of unbranched alkanes of at least 4 members (excludes halogenated alkanes) is 2. The van der Waals surface area contributed by atoms with Crippen LogP contribution in [0.1, 0.15) is 94.6 Å². The number of anilines is 1. The Morgan fingerprint density at radius 3 is 1.30 bits per heavy atom. The van der Waals surface area contributed by atoms with Crippen LogP contribution in [0.3, 0.4) is 0 Å². The SMILES string of the molecule is CCN(CC)c1ccc2cc(C(=O)NCCNC(=O)CCCCc3ccc4c5c(c(-c6cccc(-c7cccc(-c8cc9ccccc9c9c8OP(=O)(O)Oc8c(-c%10ccccc%10)cc%10cc(CCCCC(=O)NCCOCCOCCNC(=O)OC(C)(C)C)ccc%10c8-9)c7)c6)cc4c3)OP(=O)(O)Oc3c(-c4ccccc4)cc4ccccc4c3-5)c(=O)oc2c1. The van der Waals surface area contributed by atoms with E-state index in [4.69, 9.17) is 36.7 Å². The number of hydrogen-bond acceptors (Lipinski definition) is 16. The molecule has 0 saturated carbocycles. The van der Waals surface area contributed by atoms with Crippen molar-refractivity contribution in [3.63, 3.8) is 0 Å². The summed E-state index contributed by atoms with van der Waals surface area (Å²) in [6.07, 6.45) is 3.90. The van der Waals surface area contributed by atoms with Gasteiger partial charge in [-0.05, 0) is 215 Å². The van der Waals surface area contributed by atoms with E-state index >= 15 is 0 Å². The van der Waals surface area contributed by atoms with Crippen molar-refractivity contribution in [1.82, 2.24) is 21.3 Å². The van der Waals surface area contributed by atoms with E-state index in [0.29, 0.717) is 145 Å². The minimum absolute atomic E-state index is 0.0759.